The first-order valence-electron chi connectivity index (χ1n) is 9.86. The number of rotatable bonds is 8. The van der Waals surface area contributed by atoms with Gasteiger partial charge in [0.2, 0.25) is 0 Å². The summed E-state index contributed by atoms with van der Waals surface area (Å²) in [4.78, 5) is 35.5. The molecule has 0 aliphatic heterocycles. The number of nitrogens with zero attached hydrogens (tertiary/aromatic N) is 1. The van der Waals surface area contributed by atoms with Crippen molar-refractivity contribution in [1.82, 2.24) is 10.7 Å². The van der Waals surface area contributed by atoms with Crippen LogP contribution in [0.15, 0.2) is 46.0 Å². The molecule has 1 saturated carbocycles. The normalized spacial score (nSPS) is 12.8. The number of amides is 3. The van der Waals surface area contributed by atoms with E-state index in [1.54, 1.807) is 24.3 Å². The van der Waals surface area contributed by atoms with Gasteiger partial charge in [-0.05, 0) is 67.3 Å². The van der Waals surface area contributed by atoms with Crippen LogP contribution in [0.3, 0.4) is 0 Å². The first kappa shape index (κ1) is 23.3. The Morgan fingerprint density at radius 1 is 1.12 bits per heavy atom. The number of benzene rings is 2. The predicted molar refractivity (Wildman–Crippen MR) is 123 cm³/mol. The van der Waals surface area contributed by atoms with Crippen LogP contribution >= 0.6 is 15.9 Å². The van der Waals surface area contributed by atoms with E-state index >= 15 is 0 Å². The molecule has 9 nitrogen and oxygen atoms in total. The molecule has 3 N–H and O–H groups in total. The number of anilines is 1. The van der Waals surface area contributed by atoms with Gasteiger partial charge in [-0.15, -0.1) is 0 Å². The molecule has 0 bridgehead atoms. The molecule has 2 aromatic rings. The van der Waals surface area contributed by atoms with Crippen LogP contribution in [0, 0.1) is 6.92 Å². The smallest absolute Gasteiger partial charge is 0.329 e. The Morgan fingerprint density at radius 3 is 2.59 bits per heavy atom. The lowest BCUT2D eigenvalue weighted by Gasteiger charge is -2.12. The summed E-state index contributed by atoms with van der Waals surface area (Å²) in [5.41, 5.74) is 4.46. The van der Waals surface area contributed by atoms with Crippen molar-refractivity contribution in [3.63, 3.8) is 0 Å². The third-order valence-electron chi connectivity index (χ3n) is 4.49. The molecule has 3 rings (SSSR count). The van der Waals surface area contributed by atoms with Gasteiger partial charge in [-0.25, -0.2) is 5.43 Å². The maximum atomic E-state index is 12.2. The Bertz CT molecular complexity index is 1050. The van der Waals surface area contributed by atoms with Gasteiger partial charge in [-0.3, -0.25) is 14.4 Å². The first-order chi connectivity index (χ1) is 15.4. The fourth-order valence-electron chi connectivity index (χ4n) is 2.64. The van der Waals surface area contributed by atoms with Crippen LogP contribution in [0.4, 0.5) is 5.69 Å². The molecule has 0 spiro atoms. The second kappa shape index (κ2) is 10.8. The summed E-state index contributed by atoms with van der Waals surface area (Å²) < 4.78 is 11.8. The molecule has 1 fully saturated rings. The molecule has 32 heavy (non-hydrogen) atoms. The van der Waals surface area contributed by atoms with Gasteiger partial charge in [0, 0.05) is 16.2 Å². The Balaban J connectivity index is 1.52. The molecule has 0 aromatic heterocycles. The van der Waals surface area contributed by atoms with Gasteiger partial charge in [0.05, 0.1) is 13.3 Å². The molecule has 10 heteroatoms. The molecule has 3 amide bonds. The molecule has 1 aliphatic rings. The predicted octanol–water partition coefficient (Wildman–Crippen LogP) is 2.51. The third kappa shape index (κ3) is 6.81. The molecule has 2 aromatic carbocycles. The SMILES string of the molecule is COc1cc(/C=N\NC(=O)C(=O)NC2CC2)ccc1OCC(=O)Nc1ccc(Br)c(C)c1. The maximum absolute atomic E-state index is 12.2. The number of halogens is 1. The lowest BCUT2D eigenvalue weighted by molar-refractivity contribution is -0.139. The Kier molecular flexibility index (Phi) is 7.82. The van der Waals surface area contributed by atoms with Crippen molar-refractivity contribution in [1.29, 1.82) is 0 Å². The van der Waals surface area contributed by atoms with Crippen LogP contribution < -0.4 is 25.5 Å². The summed E-state index contributed by atoms with van der Waals surface area (Å²) >= 11 is 3.42. The summed E-state index contributed by atoms with van der Waals surface area (Å²) in [6.07, 6.45) is 3.15. The molecule has 0 unspecified atom stereocenters. The lowest BCUT2D eigenvalue weighted by Crippen LogP contribution is -2.38. The standard InChI is InChI=1S/C22H23BrN4O5/c1-13-9-16(6-7-17(13)23)25-20(28)12-32-18-8-3-14(10-19(18)31-2)11-24-27-22(30)21(29)26-15-4-5-15/h3,6-11,15H,4-5,12H2,1-2H3,(H,25,28)(H,26,29)(H,27,30)/b24-11-. The average molecular weight is 503 g/mol. The van der Waals surface area contributed by atoms with Crippen LogP contribution in [0.25, 0.3) is 0 Å². The second-order valence-corrected chi connectivity index (χ2v) is 8.01. The van der Waals surface area contributed by atoms with E-state index in [1.165, 1.54) is 13.3 Å². The van der Waals surface area contributed by atoms with Crippen LogP contribution in [-0.4, -0.2) is 43.7 Å². The fraction of sp³-hybridized carbons (Fsp3) is 0.273. The van der Waals surface area contributed by atoms with E-state index in [-0.39, 0.29) is 18.6 Å². The summed E-state index contributed by atoms with van der Waals surface area (Å²) in [5, 5.41) is 9.13. The van der Waals surface area contributed by atoms with Crippen LogP contribution in [0.2, 0.25) is 0 Å². The highest BCUT2D eigenvalue weighted by molar-refractivity contribution is 9.10. The zero-order valence-corrected chi connectivity index (χ0v) is 19.2. The number of carbonyl (C=O) groups excluding carboxylic acids is 3. The van der Waals surface area contributed by atoms with Gasteiger partial charge in [0.25, 0.3) is 5.91 Å². The molecule has 0 saturated heterocycles. The minimum absolute atomic E-state index is 0.0927. The monoisotopic (exact) mass is 502 g/mol. The minimum Gasteiger partial charge on any atom is -0.493 e. The van der Waals surface area contributed by atoms with Crippen LogP contribution in [-0.2, 0) is 14.4 Å². The quantitative estimate of drug-likeness (QED) is 0.291. The molecule has 168 valence electrons. The van der Waals surface area contributed by atoms with E-state index < -0.39 is 11.8 Å². The average Bonchev–Trinajstić information content (AvgIpc) is 3.59. The van der Waals surface area contributed by atoms with Crippen molar-refractivity contribution in [2.75, 3.05) is 19.0 Å². The Labute approximate surface area is 193 Å². The lowest BCUT2D eigenvalue weighted by atomic mass is 10.2. The van der Waals surface area contributed by atoms with Crippen molar-refractivity contribution < 1.29 is 23.9 Å². The molecule has 1 aliphatic carbocycles. The molecular formula is C22H23BrN4O5. The molecule has 0 radical (unpaired) electrons. The number of carbonyl (C=O) groups is 3. The van der Waals surface area contributed by atoms with Crippen molar-refractivity contribution in [2.24, 2.45) is 5.10 Å². The van der Waals surface area contributed by atoms with Gasteiger partial charge < -0.3 is 20.1 Å². The number of ether oxygens (including phenoxy) is 2. The zero-order valence-electron chi connectivity index (χ0n) is 17.6. The number of methoxy groups -OCH3 is 1. The zero-order chi connectivity index (χ0) is 23.1. The van der Waals surface area contributed by atoms with Crippen molar-refractivity contribution in [3.8, 4) is 11.5 Å². The molecular weight excluding hydrogens is 480 g/mol. The topological polar surface area (TPSA) is 118 Å². The van der Waals surface area contributed by atoms with Gasteiger partial charge in [-0.2, -0.15) is 5.10 Å². The highest BCUT2D eigenvalue weighted by Crippen LogP contribution is 2.27. The Morgan fingerprint density at radius 2 is 1.91 bits per heavy atom. The van der Waals surface area contributed by atoms with E-state index in [9.17, 15) is 14.4 Å². The van der Waals surface area contributed by atoms with Gasteiger partial charge in [0.1, 0.15) is 0 Å². The first-order valence-corrected chi connectivity index (χ1v) is 10.7. The van der Waals surface area contributed by atoms with Gasteiger partial charge in [-0.1, -0.05) is 15.9 Å². The number of nitrogens with one attached hydrogen (secondary N) is 3. The molecule has 0 heterocycles. The number of hydrogen-bond acceptors (Lipinski definition) is 6. The number of aryl methyl sites for hydroxylation is 1. The highest BCUT2D eigenvalue weighted by Gasteiger charge is 2.26. The maximum Gasteiger partial charge on any atom is 0.329 e. The summed E-state index contributed by atoms with van der Waals surface area (Å²) in [5.74, 6) is -1.08. The van der Waals surface area contributed by atoms with Crippen molar-refractivity contribution in [3.05, 3.63) is 52.0 Å². The van der Waals surface area contributed by atoms with E-state index in [4.69, 9.17) is 9.47 Å². The number of hydrogen-bond donors (Lipinski definition) is 3. The third-order valence-corrected chi connectivity index (χ3v) is 5.38. The van der Waals surface area contributed by atoms with Gasteiger partial charge in [0.15, 0.2) is 18.1 Å². The summed E-state index contributed by atoms with van der Waals surface area (Å²) in [6.45, 7) is 1.73. The fourth-order valence-corrected chi connectivity index (χ4v) is 2.89. The van der Waals surface area contributed by atoms with E-state index in [0.29, 0.717) is 22.7 Å². The number of hydrazone groups is 1. The van der Waals surface area contributed by atoms with E-state index in [1.807, 2.05) is 19.1 Å². The molecule has 0 atom stereocenters. The van der Waals surface area contributed by atoms with Crippen molar-refractivity contribution in [2.45, 2.75) is 25.8 Å². The van der Waals surface area contributed by atoms with Gasteiger partial charge >= 0.3 is 11.8 Å². The Hall–Kier alpha value is -3.40. The van der Waals surface area contributed by atoms with E-state index in [0.717, 1.165) is 22.9 Å². The van der Waals surface area contributed by atoms with Crippen molar-refractivity contribution >= 4 is 45.6 Å². The van der Waals surface area contributed by atoms with Crippen LogP contribution in [0.5, 0.6) is 11.5 Å². The van der Waals surface area contributed by atoms with E-state index in [2.05, 4.69) is 37.1 Å². The highest BCUT2D eigenvalue weighted by atomic mass is 79.9. The second-order valence-electron chi connectivity index (χ2n) is 7.16. The minimum atomic E-state index is -0.827. The summed E-state index contributed by atoms with van der Waals surface area (Å²) in [7, 11) is 1.47. The van der Waals surface area contributed by atoms with Crippen LogP contribution in [0.1, 0.15) is 24.0 Å². The largest absolute Gasteiger partial charge is 0.493 e. The summed E-state index contributed by atoms with van der Waals surface area (Å²) in [6, 6.07) is 10.5.